The number of hydrogen-bond donors (Lipinski definition) is 2. The second-order valence-corrected chi connectivity index (χ2v) is 6.71. The number of benzene rings is 2. The van der Waals surface area contributed by atoms with Gasteiger partial charge in [0, 0.05) is 24.2 Å². The first-order valence-corrected chi connectivity index (χ1v) is 9.95. The van der Waals surface area contributed by atoms with Crippen molar-refractivity contribution in [3.63, 3.8) is 0 Å². The zero-order chi connectivity index (χ0) is 20.6. The zero-order valence-electron chi connectivity index (χ0n) is 17.2. The summed E-state index contributed by atoms with van der Waals surface area (Å²) in [7, 11) is 1.58. The molecule has 0 radical (unpaired) electrons. The quantitative estimate of drug-likeness (QED) is 0.581. The summed E-state index contributed by atoms with van der Waals surface area (Å²) in [4.78, 5) is 22.7. The van der Waals surface area contributed by atoms with Crippen LogP contribution in [0.15, 0.2) is 54.7 Å². The van der Waals surface area contributed by atoms with E-state index in [1.807, 2.05) is 42.5 Å². The normalized spacial score (nSPS) is 10.9. The van der Waals surface area contributed by atoms with Crippen molar-refractivity contribution in [1.82, 2.24) is 20.2 Å². The number of nitrogens with zero attached hydrogens (tertiary/aromatic N) is 2. The first-order valence-electron chi connectivity index (χ1n) is 9.95. The van der Waals surface area contributed by atoms with Crippen molar-refractivity contribution >= 4 is 5.91 Å². The Morgan fingerprint density at radius 3 is 2.55 bits per heavy atom. The first-order chi connectivity index (χ1) is 14.2. The molecule has 152 valence electrons. The number of carbonyl (C=O) groups is 1. The van der Waals surface area contributed by atoms with E-state index in [2.05, 4.69) is 34.0 Å². The topological polar surface area (TPSA) is 70.2 Å². The summed E-state index contributed by atoms with van der Waals surface area (Å²) in [5.74, 6) is 1.21. The average Bonchev–Trinajstić information content (AvgIpc) is 3.27. The molecule has 0 unspecified atom stereocenters. The summed E-state index contributed by atoms with van der Waals surface area (Å²) < 4.78 is 5.48. The van der Waals surface area contributed by atoms with Crippen molar-refractivity contribution in [3.8, 4) is 28.4 Å². The highest BCUT2D eigenvalue weighted by Gasteiger charge is 2.14. The number of methoxy groups -OCH3 is 1. The van der Waals surface area contributed by atoms with Gasteiger partial charge in [0.05, 0.1) is 24.6 Å². The SMILES string of the molecule is CCN(CC)CCNC(=O)c1ccc(-c2cnc(-c3ccccc3)[nH]2)cc1OC. The lowest BCUT2D eigenvalue weighted by Crippen LogP contribution is -2.34. The summed E-state index contributed by atoms with van der Waals surface area (Å²) in [6.07, 6.45) is 1.79. The summed E-state index contributed by atoms with van der Waals surface area (Å²) >= 11 is 0. The Hall–Kier alpha value is -3.12. The number of imidazole rings is 1. The van der Waals surface area contributed by atoms with E-state index in [0.717, 1.165) is 42.3 Å². The third-order valence-electron chi connectivity index (χ3n) is 4.99. The molecule has 0 atom stereocenters. The van der Waals surface area contributed by atoms with Crippen LogP contribution >= 0.6 is 0 Å². The van der Waals surface area contributed by atoms with Crippen LogP contribution in [0.5, 0.6) is 5.75 Å². The summed E-state index contributed by atoms with van der Waals surface area (Å²) in [6.45, 7) is 7.61. The van der Waals surface area contributed by atoms with E-state index in [1.165, 1.54) is 0 Å². The van der Waals surface area contributed by atoms with Gasteiger partial charge in [0.1, 0.15) is 11.6 Å². The lowest BCUT2D eigenvalue weighted by molar-refractivity contribution is 0.0946. The van der Waals surface area contributed by atoms with Gasteiger partial charge in [-0.25, -0.2) is 4.98 Å². The second kappa shape index (κ2) is 9.89. The molecular weight excluding hydrogens is 364 g/mol. The number of H-pyrrole nitrogens is 1. The van der Waals surface area contributed by atoms with Gasteiger partial charge < -0.3 is 19.9 Å². The van der Waals surface area contributed by atoms with Crippen LogP contribution in [0.1, 0.15) is 24.2 Å². The maximum absolute atomic E-state index is 12.6. The van der Waals surface area contributed by atoms with Gasteiger partial charge in [-0.05, 0) is 25.2 Å². The van der Waals surface area contributed by atoms with Gasteiger partial charge in [0.2, 0.25) is 0 Å². The summed E-state index contributed by atoms with van der Waals surface area (Å²) in [5.41, 5.74) is 3.33. The average molecular weight is 393 g/mol. The van der Waals surface area contributed by atoms with Crippen LogP contribution in [0.3, 0.4) is 0 Å². The summed E-state index contributed by atoms with van der Waals surface area (Å²) in [5, 5.41) is 2.98. The molecular formula is C23H28N4O2. The second-order valence-electron chi connectivity index (χ2n) is 6.71. The van der Waals surface area contributed by atoms with Gasteiger partial charge in [-0.2, -0.15) is 0 Å². The molecule has 1 amide bonds. The van der Waals surface area contributed by atoms with Crippen molar-refractivity contribution in [2.75, 3.05) is 33.3 Å². The molecule has 1 heterocycles. The Morgan fingerprint density at radius 1 is 1.10 bits per heavy atom. The molecule has 2 N–H and O–H groups in total. The zero-order valence-corrected chi connectivity index (χ0v) is 17.2. The molecule has 0 fully saturated rings. The van der Waals surface area contributed by atoms with Gasteiger partial charge in [-0.1, -0.05) is 50.2 Å². The largest absolute Gasteiger partial charge is 0.496 e. The molecule has 1 aromatic heterocycles. The third kappa shape index (κ3) is 5.03. The van der Waals surface area contributed by atoms with Crippen LogP contribution in [0.25, 0.3) is 22.6 Å². The molecule has 0 spiro atoms. The number of ether oxygens (including phenoxy) is 1. The molecule has 29 heavy (non-hydrogen) atoms. The van der Waals surface area contributed by atoms with E-state index < -0.39 is 0 Å². The Morgan fingerprint density at radius 2 is 1.86 bits per heavy atom. The van der Waals surface area contributed by atoms with Crippen LogP contribution in [-0.4, -0.2) is 54.1 Å². The molecule has 6 heteroatoms. The molecule has 0 aliphatic rings. The number of amides is 1. The number of carbonyl (C=O) groups excluding carboxylic acids is 1. The van der Waals surface area contributed by atoms with E-state index in [-0.39, 0.29) is 5.91 Å². The van der Waals surface area contributed by atoms with E-state index in [4.69, 9.17) is 4.74 Å². The van der Waals surface area contributed by atoms with Gasteiger partial charge in [0.15, 0.2) is 0 Å². The van der Waals surface area contributed by atoms with Gasteiger partial charge in [-0.3, -0.25) is 4.79 Å². The molecule has 0 saturated heterocycles. The number of likely N-dealkylation sites (N-methyl/N-ethyl adjacent to an activating group) is 1. The van der Waals surface area contributed by atoms with Crippen LogP contribution < -0.4 is 10.1 Å². The lowest BCUT2D eigenvalue weighted by atomic mass is 10.1. The molecule has 3 aromatic rings. The van der Waals surface area contributed by atoms with Crippen LogP contribution in [0.4, 0.5) is 0 Å². The van der Waals surface area contributed by atoms with E-state index in [0.29, 0.717) is 17.9 Å². The van der Waals surface area contributed by atoms with Crippen molar-refractivity contribution in [2.45, 2.75) is 13.8 Å². The predicted octanol–water partition coefficient (Wildman–Crippen LogP) is 3.82. The Bertz CT molecular complexity index is 933. The minimum absolute atomic E-state index is 0.129. The minimum Gasteiger partial charge on any atom is -0.496 e. The monoisotopic (exact) mass is 392 g/mol. The fourth-order valence-electron chi connectivity index (χ4n) is 3.22. The number of hydrogen-bond acceptors (Lipinski definition) is 4. The van der Waals surface area contributed by atoms with Gasteiger partial charge in [0.25, 0.3) is 5.91 Å². The van der Waals surface area contributed by atoms with Crippen LogP contribution in [-0.2, 0) is 0 Å². The van der Waals surface area contributed by atoms with Crippen molar-refractivity contribution in [1.29, 1.82) is 0 Å². The predicted molar refractivity (Wildman–Crippen MR) is 116 cm³/mol. The first kappa shape index (κ1) is 20.6. The highest BCUT2D eigenvalue weighted by molar-refractivity contribution is 5.97. The van der Waals surface area contributed by atoms with Crippen molar-refractivity contribution < 1.29 is 9.53 Å². The number of nitrogens with one attached hydrogen (secondary N) is 2. The molecule has 6 nitrogen and oxygen atoms in total. The van der Waals surface area contributed by atoms with E-state index in [1.54, 1.807) is 19.4 Å². The minimum atomic E-state index is -0.129. The third-order valence-corrected chi connectivity index (χ3v) is 4.99. The fourth-order valence-corrected chi connectivity index (χ4v) is 3.22. The molecule has 0 aliphatic heterocycles. The van der Waals surface area contributed by atoms with E-state index >= 15 is 0 Å². The standard InChI is InChI=1S/C23H28N4O2/c1-4-27(5-2)14-13-24-23(28)19-12-11-18(15-21(19)29-3)20-16-25-22(26-20)17-9-7-6-8-10-17/h6-12,15-16H,4-5,13-14H2,1-3H3,(H,24,28)(H,25,26). The lowest BCUT2D eigenvalue weighted by Gasteiger charge is -2.18. The Labute approximate surface area is 171 Å². The van der Waals surface area contributed by atoms with Crippen LogP contribution in [0, 0.1) is 0 Å². The highest BCUT2D eigenvalue weighted by Crippen LogP contribution is 2.28. The van der Waals surface area contributed by atoms with Crippen molar-refractivity contribution in [3.05, 3.63) is 60.3 Å². The Kier molecular flexibility index (Phi) is 7.03. The van der Waals surface area contributed by atoms with Crippen molar-refractivity contribution in [2.24, 2.45) is 0 Å². The maximum Gasteiger partial charge on any atom is 0.255 e. The molecule has 3 rings (SSSR count). The molecule has 0 saturated carbocycles. The molecule has 0 bridgehead atoms. The molecule has 0 aliphatic carbocycles. The van der Waals surface area contributed by atoms with Gasteiger partial charge in [-0.15, -0.1) is 0 Å². The summed E-state index contributed by atoms with van der Waals surface area (Å²) in [6, 6.07) is 15.5. The van der Waals surface area contributed by atoms with Gasteiger partial charge >= 0.3 is 0 Å². The maximum atomic E-state index is 12.6. The number of aromatic nitrogens is 2. The van der Waals surface area contributed by atoms with E-state index in [9.17, 15) is 4.79 Å². The van der Waals surface area contributed by atoms with Crippen LogP contribution in [0.2, 0.25) is 0 Å². The smallest absolute Gasteiger partial charge is 0.255 e. The fraction of sp³-hybridized carbons (Fsp3) is 0.304. The number of rotatable bonds is 9. The highest BCUT2D eigenvalue weighted by atomic mass is 16.5. The molecule has 2 aromatic carbocycles. The Balaban J connectivity index is 1.74. The number of aromatic amines is 1.